The predicted molar refractivity (Wildman–Crippen MR) is 219 cm³/mol. The topological polar surface area (TPSA) is 51.8 Å². The van der Waals surface area contributed by atoms with Gasteiger partial charge in [0.05, 0.1) is 0 Å². The average Bonchev–Trinajstić information content (AvgIpc) is 3.61. The van der Waals surface area contributed by atoms with Crippen LogP contribution in [0.4, 0.5) is 0 Å². The maximum Gasteiger partial charge on any atom is 0.164 e. The summed E-state index contributed by atoms with van der Waals surface area (Å²) in [4.78, 5) is 15.2. The molecule has 0 atom stereocenters. The van der Waals surface area contributed by atoms with Crippen molar-refractivity contribution >= 4 is 65.0 Å². The number of fused-ring (bicyclic) bond motifs is 11. The Morgan fingerprint density at radius 1 is 0.283 bits per heavy atom. The molecule has 0 N–H and O–H groups in total. The third kappa shape index (κ3) is 4.80. The lowest BCUT2D eigenvalue weighted by Crippen LogP contribution is -2.00. The first-order valence-electron chi connectivity index (χ1n) is 17.9. The van der Waals surface area contributed by atoms with Gasteiger partial charge in [0.1, 0.15) is 11.2 Å². The molecule has 2 aromatic heterocycles. The highest BCUT2D eigenvalue weighted by atomic mass is 16.3. The van der Waals surface area contributed by atoms with Gasteiger partial charge in [0.2, 0.25) is 0 Å². The Bertz CT molecular complexity index is 3240. The van der Waals surface area contributed by atoms with E-state index in [0.717, 1.165) is 49.8 Å². The fraction of sp³-hybridized carbons (Fsp3) is 0. The minimum atomic E-state index is 0.614. The molecule has 2 heterocycles. The Labute approximate surface area is 304 Å². The highest BCUT2D eigenvalue weighted by molar-refractivity contribution is 6.31. The third-order valence-corrected chi connectivity index (χ3v) is 10.5. The Morgan fingerprint density at radius 2 is 0.811 bits per heavy atom. The van der Waals surface area contributed by atoms with E-state index in [2.05, 4.69) is 115 Å². The van der Waals surface area contributed by atoms with E-state index in [1.165, 1.54) is 43.1 Å². The van der Waals surface area contributed by atoms with Crippen LogP contribution in [0.5, 0.6) is 0 Å². The molecule has 0 spiro atoms. The molecule has 0 fully saturated rings. The van der Waals surface area contributed by atoms with Crippen LogP contribution in [0.25, 0.3) is 110 Å². The molecule has 246 valence electrons. The first kappa shape index (κ1) is 29.5. The number of rotatable bonds is 4. The van der Waals surface area contributed by atoms with Gasteiger partial charge < -0.3 is 4.42 Å². The molecule has 4 heteroatoms. The van der Waals surface area contributed by atoms with Crippen LogP contribution in [0.1, 0.15) is 0 Å². The molecular weight excluding hydrogens is 647 g/mol. The summed E-state index contributed by atoms with van der Waals surface area (Å²) in [5.41, 5.74) is 6.70. The number of hydrogen-bond acceptors (Lipinski definition) is 4. The lowest BCUT2D eigenvalue weighted by molar-refractivity contribution is 0.669. The molecular formula is C49H29N3O. The maximum atomic E-state index is 6.12. The van der Waals surface area contributed by atoms with Crippen LogP contribution in [0, 0.1) is 0 Å². The predicted octanol–water partition coefficient (Wildman–Crippen LogP) is 13.1. The van der Waals surface area contributed by atoms with E-state index < -0.39 is 0 Å². The first-order chi connectivity index (χ1) is 26.2. The van der Waals surface area contributed by atoms with E-state index in [1.807, 2.05) is 60.7 Å². The molecule has 9 aromatic carbocycles. The number of nitrogens with zero attached hydrogens (tertiary/aromatic N) is 3. The maximum absolute atomic E-state index is 6.12. The second-order valence-electron chi connectivity index (χ2n) is 13.6. The van der Waals surface area contributed by atoms with Crippen LogP contribution in [-0.2, 0) is 0 Å². The molecule has 0 aliphatic carbocycles. The lowest BCUT2D eigenvalue weighted by Gasteiger charge is -2.14. The van der Waals surface area contributed by atoms with Crippen LogP contribution in [0.3, 0.4) is 0 Å². The summed E-state index contributed by atoms with van der Waals surface area (Å²) in [7, 11) is 0. The Balaban J connectivity index is 1.08. The molecule has 11 rings (SSSR count). The van der Waals surface area contributed by atoms with Crippen molar-refractivity contribution < 1.29 is 4.42 Å². The molecule has 0 aliphatic rings. The van der Waals surface area contributed by atoms with E-state index in [0.29, 0.717) is 17.5 Å². The van der Waals surface area contributed by atoms with Crippen molar-refractivity contribution in [3.05, 3.63) is 176 Å². The van der Waals surface area contributed by atoms with Gasteiger partial charge in [0.15, 0.2) is 17.5 Å². The Morgan fingerprint density at radius 3 is 1.64 bits per heavy atom. The van der Waals surface area contributed by atoms with E-state index >= 15 is 0 Å². The normalized spacial score (nSPS) is 11.8. The van der Waals surface area contributed by atoms with Crippen LogP contribution < -0.4 is 0 Å². The molecule has 0 amide bonds. The number of hydrogen-bond donors (Lipinski definition) is 0. The molecule has 11 aromatic rings. The average molecular weight is 676 g/mol. The zero-order valence-corrected chi connectivity index (χ0v) is 28.5. The summed E-state index contributed by atoms with van der Waals surface area (Å²) in [6, 6.07) is 61.8. The molecule has 0 unspecified atom stereocenters. The van der Waals surface area contributed by atoms with Crippen molar-refractivity contribution in [3.8, 4) is 45.3 Å². The standard InChI is InChI=1S/C49H29N3O/c1-2-12-31(13-3-1)47-50-48(52-49(51-47)35-23-26-45-43(29-35)39-19-8-9-20-44(39)53-45)34-15-10-14-32(27-34)33-22-25-41-42(28-33)38-18-7-6-17-37(38)40-24-21-30-11-4-5-16-36(30)46(40)41/h1-29H. The molecule has 0 aliphatic heterocycles. The smallest absolute Gasteiger partial charge is 0.164 e. The fourth-order valence-electron chi connectivity index (χ4n) is 7.96. The summed E-state index contributed by atoms with van der Waals surface area (Å²) >= 11 is 0. The summed E-state index contributed by atoms with van der Waals surface area (Å²) < 4.78 is 6.12. The van der Waals surface area contributed by atoms with Crippen molar-refractivity contribution in [2.24, 2.45) is 0 Å². The number of aromatic nitrogens is 3. The minimum absolute atomic E-state index is 0.614. The van der Waals surface area contributed by atoms with Gasteiger partial charge >= 0.3 is 0 Å². The highest BCUT2D eigenvalue weighted by Crippen LogP contribution is 2.41. The highest BCUT2D eigenvalue weighted by Gasteiger charge is 2.16. The first-order valence-corrected chi connectivity index (χ1v) is 17.9. The van der Waals surface area contributed by atoms with Crippen LogP contribution in [0.15, 0.2) is 180 Å². The van der Waals surface area contributed by atoms with Crippen molar-refractivity contribution in [2.45, 2.75) is 0 Å². The van der Waals surface area contributed by atoms with Gasteiger partial charge in [-0.3, -0.25) is 0 Å². The van der Waals surface area contributed by atoms with Gasteiger partial charge in [-0.05, 0) is 90.6 Å². The largest absolute Gasteiger partial charge is 0.456 e. The van der Waals surface area contributed by atoms with Gasteiger partial charge in [0, 0.05) is 27.5 Å². The zero-order chi connectivity index (χ0) is 34.9. The summed E-state index contributed by atoms with van der Waals surface area (Å²) in [5, 5.41) is 12.2. The van der Waals surface area contributed by atoms with Crippen molar-refractivity contribution in [1.82, 2.24) is 15.0 Å². The van der Waals surface area contributed by atoms with Gasteiger partial charge in [-0.1, -0.05) is 140 Å². The number of para-hydroxylation sites is 1. The van der Waals surface area contributed by atoms with Crippen molar-refractivity contribution in [1.29, 1.82) is 0 Å². The minimum Gasteiger partial charge on any atom is -0.456 e. The second kappa shape index (κ2) is 11.7. The zero-order valence-electron chi connectivity index (χ0n) is 28.5. The summed E-state index contributed by atoms with van der Waals surface area (Å²) in [6.45, 7) is 0. The lowest BCUT2D eigenvalue weighted by atomic mass is 9.89. The van der Waals surface area contributed by atoms with Crippen molar-refractivity contribution in [3.63, 3.8) is 0 Å². The Kier molecular flexibility index (Phi) is 6.52. The molecule has 0 saturated heterocycles. The molecule has 0 saturated carbocycles. The van der Waals surface area contributed by atoms with Gasteiger partial charge in [-0.25, -0.2) is 15.0 Å². The molecule has 53 heavy (non-hydrogen) atoms. The molecule has 0 bridgehead atoms. The number of benzene rings is 9. The summed E-state index contributed by atoms with van der Waals surface area (Å²) in [5.74, 6) is 1.86. The SMILES string of the molecule is c1ccc(-c2nc(-c3cccc(-c4ccc5c(c4)c4ccccc4c4ccc6ccccc6c45)c3)nc(-c3ccc4oc5ccccc5c4c3)n2)cc1. The molecule has 4 nitrogen and oxygen atoms in total. The summed E-state index contributed by atoms with van der Waals surface area (Å²) in [6.07, 6.45) is 0. The van der Waals surface area contributed by atoms with E-state index in [9.17, 15) is 0 Å². The van der Waals surface area contributed by atoms with Gasteiger partial charge in [-0.15, -0.1) is 0 Å². The second-order valence-corrected chi connectivity index (χ2v) is 13.6. The quantitative estimate of drug-likeness (QED) is 0.174. The fourth-order valence-corrected chi connectivity index (χ4v) is 7.96. The van der Waals surface area contributed by atoms with Gasteiger partial charge in [-0.2, -0.15) is 0 Å². The van der Waals surface area contributed by atoms with Crippen LogP contribution in [-0.4, -0.2) is 15.0 Å². The van der Waals surface area contributed by atoms with E-state index in [4.69, 9.17) is 19.4 Å². The van der Waals surface area contributed by atoms with Crippen molar-refractivity contribution in [2.75, 3.05) is 0 Å². The van der Waals surface area contributed by atoms with Gasteiger partial charge in [0.25, 0.3) is 0 Å². The number of furan rings is 1. The van der Waals surface area contributed by atoms with E-state index in [1.54, 1.807) is 0 Å². The third-order valence-electron chi connectivity index (χ3n) is 10.5. The molecule has 0 radical (unpaired) electrons. The van der Waals surface area contributed by atoms with Crippen LogP contribution >= 0.6 is 0 Å². The monoisotopic (exact) mass is 675 g/mol. The Hall–Kier alpha value is -7.17. The van der Waals surface area contributed by atoms with E-state index in [-0.39, 0.29) is 0 Å². The van der Waals surface area contributed by atoms with Crippen LogP contribution in [0.2, 0.25) is 0 Å².